The molecule has 4 nitrogen and oxygen atoms in total. The van der Waals surface area contributed by atoms with Gasteiger partial charge in [-0.05, 0) is 12.5 Å². The van der Waals surface area contributed by atoms with Crippen molar-refractivity contribution in [2.45, 2.75) is 11.9 Å². The zero-order valence-corrected chi connectivity index (χ0v) is 7.05. The van der Waals surface area contributed by atoms with E-state index >= 15 is 0 Å². The molecule has 0 amide bonds. The number of hydrogen-bond donors (Lipinski definition) is 1. The van der Waals surface area contributed by atoms with E-state index in [1.54, 1.807) is 6.92 Å². The van der Waals surface area contributed by atoms with Crippen molar-refractivity contribution in [1.82, 2.24) is 0 Å². The van der Waals surface area contributed by atoms with Gasteiger partial charge in [-0.25, -0.2) is 0 Å². The Kier molecular flexibility index (Phi) is 2.12. The lowest BCUT2D eigenvalue weighted by Gasteiger charge is -1.91. The van der Waals surface area contributed by atoms with E-state index < -0.39 is 15.1 Å². The van der Waals surface area contributed by atoms with Crippen molar-refractivity contribution in [3.05, 3.63) is 23.9 Å². The second kappa shape index (κ2) is 2.80. The molecular weight excluding hydrogens is 185 g/mol. The second-order valence-electron chi connectivity index (χ2n) is 2.33. The first-order valence-electron chi connectivity index (χ1n) is 3.07. The maximum Gasteiger partial charge on any atom is 0.370 e. The predicted molar refractivity (Wildman–Crippen MR) is 37.7 cm³/mol. The highest BCUT2D eigenvalue weighted by atomic mass is 32.2. The molecule has 0 fully saturated rings. The molecule has 12 heavy (non-hydrogen) atoms. The minimum absolute atomic E-state index is 0.150. The van der Waals surface area contributed by atoms with Crippen molar-refractivity contribution in [3.8, 4) is 0 Å². The van der Waals surface area contributed by atoms with Crippen LogP contribution in [-0.4, -0.2) is 13.0 Å². The number of pyridine rings is 1. The highest BCUT2D eigenvalue weighted by Gasteiger charge is 2.24. The lowest BCUT2D eigenvalue weighted by atomic mass is 10.3. The molecule has 1 aromatic heterocycles. The molecule has 0 aromatic carbocycles. The Morgan fingerprint density at radius 3 is 2.58 bits per heavy atom. The Labute approximate surface area is 69.0 Å². The smallest absolute Gasteiger partial charge is 0.277 e. The van der Waals surface area contributed by atoms with E-state index in [1.807, 2.05) is 0 Å². The quantitative estimate of drug-likeness (QED) is 0.649. The first-order chi connectivity index (χ1) is 5.41. The van der Waals surface area contributed by atoms with Gasteiger partial charge in [0.1, 0.15) is 0 Å². The number of nitrogens with zero attached hydrogens (tertiary/aromatic N) is 1. The van der Waals surface area contributed by atoms with Crippen LogP contribution in [0.1, 0.15) is 5.56 Å². The summed E-state index contributed by atoms with van der Waals surface area (Å²) in [4.78, 5) is -0.150. The van der Waals surface area contributed by atoms with E-state index in [9.17, 15) is 12.9 Å². The highest BCUT2D eigenvalue weighted by molar-refractivity contribution is 7.85. The van der Waals surface area contributed by atoms with Crippen molar-refractivity contribution < 1.29 is 22.2 Å². The van der Waals surface area contributed by atoms with Gasteiger partial charge in [0.25, 0.3) is 0 Å². The first-order valence-corrected chi connectivity index (χ1v) is 4.51. The molecule has 0 aliphatic rings. The molecule has 0 atom stereocenters. The fraction of sp³-hybridized carbons (Fsp3) is 0.167. The van der Waals surface area contributed by atoms with Gasteiger partial charge in [-0.15, -0.1) is 0 Å². The van der Waals surface area contributed by atoms with E-state index in [-0.39, 0.29) is 4.79 Å². The summed E-state index contributed by atoms with van der Waals surface area (Å²) in [5.74, 6) is 0. The summed E-state index contributed by atoms with van der Waals surface area (Å²) in [7, 11) is -4.47. The van der Waals surface area contributed by atoms with Crippen molar-refractivity contribution >= 4 is 10.1 Å². The van der Waals surface area contributed by atoms with E-state index in [0.29, 0.717) is 5.56 Å². The molecule has 1 heterocycles. The summed E-state index contributed by atoms with van der Waals surface area (Å²) in [6.45, 7) is 1.59. The van der Waals surface area contributed by atoms with Crippen molar-refractivity contribution in [3.63, 3.8) is 0 Å². The van der Waals surface area contributed by atoms with Gasteiger partial charge < -0.3 is 0 Å². The van der Waals surface area contributed by atoms with Gasteiger partial charge in [0.15, 0.2) is 0 Å². The van der Waals surface area contributed by atoms with Crippen LogP contribution in [0, 0.1) is 6.92 Å². The number of aryl methyl sites for hydroxylation is 1. The second-order valence-corrected chi connectivity index (χ2v) is 3.70. The molecule has 1 N–H and O–H groups in total. The minimum Gasteiger partial charge on any atom is -0.277 e. The van der Waals surface area contributed by atoms with Crippen LogP contribution in [0.2, 0.25) is 0 Å². The van der Waals surface area contributed by atoms with Gasteiger partial charge in [-0.2, -0.15) is 8.42 Å². The van der Waals surface area contributed by atoms with E-state index in [4.69, 9.17) is 4.55 Å². The molecule has 0 saturated heterocycles. The van der Waals surface area contributed by atoms with Gasteiger partial charge in [0, 0.05) is 16.9 Å². The number of hydrogen-bond acceptors (Lipinski definition) is 2. The predicted octanol–water partition coefficient (Wildman–Crippen LogP) is 0.262. The van der Waals surface area contributed by atoms with Crippen LogP contribution in [0.15, 0.2) is 23.4 Å². The Bertz CT molecular complexity index is 401. The standard InChI is InChI=1S/C6H6FNO3S/c1-5-2-3-8(7)6(4-5)12(9,10)11/h2-4H,1H3/p+1. The van der Waals surface area contributed by atoms with Crippen LogP contribution in [0.3, 0.4) is 0 Å². The van der Waals surface area contributed by atoms with Gasteiger partial charge >= 0.3 is 15.1 Å². The zero-order chi connectivity index (χ0) is 9.35. The average molecular weight is 192 g/mol. The van der Waals surface area contributed by atoms with Gasteiger partial charge in [0.05, 0.1) is 4.48 Å². The van der Waals surface area contributed by atoms with Crippen molar-refractivity contribution in [2.24, 2.45) is 0 Å². The Hall–Kier alpha value is -1.01. The topological polar surface area (TPSA) is 58.2 Å². The molecule has 0 aliphatic carbocycles. The van der Waals surface area contributed by atoms with Gasteiger partial charge in [0.2, 0.25) is 6.20 Å². The molecule has 1 rings (SSSR count). The zero-order valence-electron chi connectivity index (χ0n) is 6.23. The third-order valence-electron chi connectivity index (χ3n) is 1.29. The van der Waals surface area contributed by atoms with E-state index in [0.717, 1.165) is 12.3 Å². The fourth-order valence-electron chi connectivity index (χ4n) is 0.746. The van der Waals surface area contributed by atoms with Crippen LogP contribution in [0.25, 0.3) is 0 Å². The third kappa shape index (κ3) is 1.77. The molecule has 0 radical (unpaired) electrons. The Morgan fingerprint density at radius 1 is 1.58 bits per heavy atom. The molecule has 0 unspecified atom stereocenters. The number of aromatic nitrogens is 1. The molecule has 0 spiro atoms. The summed E-state index contributed by atoms with van der Waals surface area (Å²) in [6.07, 6.45) is 0.915. The monoisotopic (exact) mass is 192 g/mol. The summed E-state index contributed by atoms with van der Waals surface area (Å²) in [5, 5.41) is -0.762. The summed E-state index contributed by atoms with van der Waals surface area (Å²) >= 11 is 0. The third-order valence-corrected chi connectivity index (χ3v) is 2.12. The molecule has 0 bridgehead atoms. The van der Waals surface area contributed by atoms with E-state index in [1.165, 1.54) is 6.07 Å². The average Bonchev–Trinajstić information content (AvgIpc) is 1.92. The van der Waals surface area contributed by atoms with Crippen LogP contribution < -0.4 is 4.79 Å². The molecule has 0 aliphatic heterocycles. The summed E-state index contributed by atoms with van der Waals surface area (Å²) in [5.41, 5.74) is 0.552. The maximum atomic E-state index is 12.6. The molecule has 1 aromatic rings. The molecule has 6 heteroatoms. The lowest BCUT2D eigenvalue weighted by Crippen LogP contribution is -2.30. The van der Waals surface area contributed by atoms with Crippen LogP contribution in [-0.2, 0) is 10.1 Å². The molecule has 0 saturated carbocycles. The van der Waals surface area contributed by atoms with Crippen LogP contribution in [0.5, 0.6) is 0 Å². The first kappa shape index (κ1) is 9.08. The Balaban J connectivity index is 3.43. The number of rotatable bonds is 1. The summed E-state index contributed by atoms with van der Waals surface area (Å²) < 4.78 is 42.2. The highest BCUT2D eigenvalue weighted by Crippen LogP contribution is 2.04. The van der Waals surface area contributed by atoms with Gasteiger partial charge in [-0.1, -0.05) is 0 Å². The maximum absolute atomic E-state index is 12.6. The van der Waals surface area contributed by atoms with Crippen LogP contribution >= 0.6 is 0 Å². The Morgan fingerprint density at radius 2 is 2.17 bits per heavy atom. The van der Waals surface area contributed by atoms with Crippen LogP contribution in [0.4, 0.5) is 4.48 Å². The minimum atomic E-state index is -4.47. The lowest BCUT2D eigenvalue weighted by molar-refractivity contribution is -0.874. The normalized spacial score (nSPS) is 11.6. The summed E-state index contributed by atoms with van der Waals surface area (Å²) in [6, 6.07) is 2.42. The van der Waals surface area contributed by atoms with E-state index in [2.05, 4.69) is 0 Å². The fourth-order valence-corrected chi connectivity index (χ4v) is 1.36. The number of halogens is 1. The van der Waals surface area contributed by atoms with Crippen molar-refractivity contribution in [2.75, 3.05) is 0 Å². The van der Waals surface area contributed by atoms with Crippen molar-refractivity contribution in [1.29, 1.82) is 0 Å². The SMILES string of the molecule is Cc1cc[n+](F)c(S(=O)(=O)O)c1. The molecular formula is C6H7FNO3S+. The molecule has 66 valence electrons. The largest absolute Gasteiger partial charge is 0.370 e. The van der Waals surface area contributed by atoms with Gasteiger partial charge in [-0.3, -0.25) is 4.55 Å².